The van der Waals surface area contributed by atoms with E-state index in [1.54, 1.807) is 0 Å². The summed E-state index contributed by atoms with van der Waals surface area (Å²) in [4.78, 5) is 0. The highest BCUT2D eigenvalue weighted by Crippen LogP contribution is 2.43. The van der Waals surface area contributed by atoms with Crippen molar-refractivity contribution in [1.82, 2.24) is 5.32 Å². The summed E-state index contributed by atoms with van der Waals surface area (Å²) in [6.07, 6.45) is 2.39. The Morgan fingerprint density at radius 1 is 1.33 bits per heavy atom. The molecule has 1 fully saturated rings. The molecule has 0 aromatic heterocycles. The molecular formula is C14H18ClNO2. The lowest BCUT2D eigenvalue weighted by Gasteiger charge is -2.28. The van der Waals surface area contributed by atoms with Gasteiger partial charge in [-0.15, -0.1) is 0 Å². The molecule has 0 bridgehead atoms. The van der Waals surface area contributed by atoms with Crippen LogP contribution in [0.2, 0.25) is 5.02 Å². The lowest BCUT2D eigenvalue weighted by molar-refractivity contribution is 0.170. The van der Waals surface area contributed by atoms with E-state index in [4.69, 9.17) is 21.1 Å². The largest absolute Gasteiger partial charge is 0.486 e. The zero-order chi connectivity index (χ0) is 12.5. The van der Waals surface area contributed by atoms with Gasteiger partial charge in [-0.1, -0.05) is 11.6 Å². The van der Waals surface area contributed by atoms with Gasteiger partial charge in [-0.3, -0.25) is 0 Å². The molecule has 98 valence electrons. The normalized spacial score (nSPS) is 22.9. The van der Waals surface area contributed by atoms with E-state index in [1.807, 2.05) is 6.07 Å². The number of halogens is 1. The first kappa shape index (κ1) is 12.1. The molecule has 0 spiro atoms. The molecule has 1 unspecified atom stereocenters. The van der Waals surface area contributed by atoms with Crippen LogP contribution >= 0.6 is 11.6 Å². The minimum absolute atomic E-state index is 0.488. The SMILES string of the molecule is Cc1c2c(cc(Cl)c1C1CCCNC1)OCCO2. The van der Waals surface area contributed by atoms with Gasteiger partial charge < -0.3 is 14.8 Å². The molecule has 2 aliphatic rings. The molecule has 1 aromatic carbocycles. The maximum Gasteiger partial charge on any atom is 0.164 e. The maximum absolute atomic E-state index is 6.44. The summed E-state index contributed by atoms with van der Waals surface area (Å²) >= 11 is 6.44. The first-order chi connectivity index (χ1) is 8.77. The number of ether oxygens (including phenoxy) is 2. The number of nitrogens with one attached hydrogen (secondary N) is 1. The quantitative estimate of drug-likeness (QED) is 0.849. The summed E-state index contributed by atoms with van der Waals surface area (Å²) in [5.41, 5.74) is 2.37. The Balaban J connectivity index is 2.02. The van der Waals surface area contributed by atoms with Crippen LogP contribution in [0.25, 0.3) is 0 Å². The number of hydrogen-bond donors (Lipinski definition) is 1. The molecule has 0 saturated carbocycles. The summed E-state index contributed by atoms with van der Waals surface area (Å²) in [5, 5.41) is 4.25. The molecule has 0 amide bonds. The van der Waals surface area contributed by atoms with Crippen molar-refractivity contribution in [1.29, 1.82) is 0 Å². The zero-order valence-electron chi connectivity index (χ0n) is 10.6. The van der Waals surface area contributed by atoms with Gasteiger partial charge in [0.25, 0.3) is 0 Å². The third-order valence-corrected chi connectivity index (χ3v) is 4.09. The van der Waals surface area contributed by atoms with Crippen LogP contribution < -0.4 is 14.8 Å². The van der Waals surface area contributed by atoms with E-state index in [-0.39, 0.29) is 0 Å². The molecule has 1 saturated heterocycles. The van der Waals surface area contributed by atoms with Gasteiger partial charge in [0.1, 0.15) is 13.2 Å². The van der Waals surface area contributed by atoms with Crippen LogP contribution in [-0.4, -0.2) is 26.3 Å². The standard InChI is InChI=1S/C14H18ClNO2/c1-9-13(10-3-2-4-16-8-10)11(15)7-12-14(9)18-6-5-17-12/h7,10,16H,2-6,8H2,1H3. The molecular weight excluding hydrogens is 250 g/mol. The molecule has 0 aliphatic carbocycles. The molecule has 18 heavy (non-hydrogen) atoms. The fraction of sp³-hybridized carbons (Fsp3) is 0.571. The van der Waals surface area contributed by atoms with Crippen LogP contribution in [0.3, 0.4) is 0 Å². The topological polar surface area (TPSA) is 30.5 Å². The Labute approximate surface area is 112 Å². The Bertz CT molecular complexity index is 456. The Morgan fingerprint density at radius 3 is 2.94 bits per heavy atom. The fourth-order valence-corrected chi connectivity index (χ4v) is 3.32. The van der Waals surface area contributed by atoms with Gasteiger partial charge in [0.2, 0.25) is 0 Å². The Kier molecular flexibility index (Phi) is 3.35. The molecule has 2 heterocycles. The first-order valence-electron chi connectivity index (χ1n) is 6.56. The molecule has 1 N–H and O–H groups in total. The Morgan fingerprint density at radius 2 is 2.17 bits per heavy atom. The maximum atomic E-state index is 6.44. The monoisotopic (exact) mass is 267 g/mol. The van der Waals surface area contributed by atoms with E-state index in [2.05, 4.69) is 12.2 Å². The minimum Gasteiger partial charge on any atom is -0.486 e. The highest BCUT2D eigenvalue weighted by molar-refractivity contribution is 6.31. The fourth-order valence-electron chi connectivity index (χ4n) is 2.93. The van der Waals surface area contributed by atoms with E-state index >= 15 is 0 Å². The van der Waals surface area contributed by atoms with Crippen LogP contribution in [0.4, 0.5) is 0 Å². The lowest BCUT2D eigenvalue weighted by Crippen LogP contribution is -2.29. The molecule has 0 radical (unpaired) electrons. The summed E-state index contributed by atoms with van der Waals surface area (Å²) < 4.78 is 11.3. The number of rotatable bonds is 1. The number of benzene rings is 1. The summed E-state index contributed by atoms with van der Waals surface area (Å²) in [5.74, 6) is 2.16. The van der Waals surface area contributed by atoms with Crippen molar-refractivity contribution < 1.29 is 9.47 Å². The van der Waals surface area contributed by atoms with Gasteiger partial charge in [0, 0.05) is 17.6 Å². The number of hydrogen-bond acceptors (Lipinski definition) is 3. The highest BCUT2D eigenvalue weighted by atomic mass is 35.5. The van der Waals surface area contributed by atoms with E-state index in [1.165, 1.54) is 18.4 Å². The van der Waals surface area contributed by atoms with E-state index in [9.17, 15) is 0 Å². The van der Waals surface area contributed by atoms with Gasteiger partial charge in [0.05, 0.1) is 0 Å². The van der Waals surface area contributed by atoms with Crippen molar-refractivity contribution in [2.24, 2.45) is 0 Å². The van der Waals surface area contributed by atoms with Crippen molar-refractivity contribution in [3.63, 3.8) is 0 Å². The summed E-state index contributed by atoms with van der Waals surface area (Å²) in [6.45, 7) is 5.42. The first-order valence-corrected chi connectivity index (χ1v) is 6.94. The van der Waals surface area contributed by atoms with Crippen LogP contribution in [0.5, 0.6) is 11.5 Å². The number of fused-ring (bicyclic) bond motifs is 1. The second-order valence-corrected chi connectivity index (χ2v) is 5.37. The second kappa shape index (κ2) is 4.98. The van der Waals surface area contributed by atoms with Crippen molar-refractivity contribution >= 4 is 11.6 Å². The predicted molar refractivity (Wildman–Crippen MR) is 72.0 cm³/mol. The average molecular weight is 268 g/mol. The van der Waals surface area contributed by atoms with Crippen LogP contribution in [0, 0.1) is 6.92 Å². The molecule has 2 aliphatic heterocycles. The van der Waals surface area contributed by atoms with Crippen LogP contribution in [0.15, 0.2) is 6.07 Å². The Hall–Kier alpha value is -0.930. The molecule has 1 atom stereocenters. The lowest BCUT2D eigenvalue weighted by atomic mass is 9.88. The zero-order valence-corrected chi connectivity index (χ0v) is 11.3. The molecule has 4 heteroatoms. The van der Waals surface area contributed by atoms with Crippen LogP contribution in [0.1, 0.15) is 29.9 Å². The highest BCUT2D eigenvalue weighted by Gasteiger charge is 2.25. The van der Waals surface area contributed by atoms with E-state index in [0.29, 0.717) is 19.1 Å². The van der Waals surface area contributed by atoms with Gasteiger partial charge in [-0.25, -0.2) is 0 Å². The molecule has 3 rings (SSSR count). The minimum atomic E-state index is 0.488. The molecule has 3 nitrogen and oxygen atoms in total. The molecule has 1 aromatic rings. The van der Waals surface area contributed by atoms with Gasteiger partial charge >= 0.3 is 0 Å². The van der Waals surface area contributed by atoms with Crippen molar-refractivity contribution in [2.75, 3.05) is 26.3 Å². The smallest absolute Gasteiger partial charge is 0.164 e. The van der Waals surface area contributed by atoms with Gasteiger partial charge in [-0.2, -0.15) is 0 Å². The average Bonchev–Trinajstić information content (AvgIpc) is 2.40. The number of piperidine rings is 1. The summed E-state index contributed by atoms with van der Waals surface area (Å²) in [6, 6.07) is 1.91. The third kappa shape index (κ3) is 2.06. The van der Waals surface area contributed by atoms with E-state index in [0.717, 1.165) is 35.2 Å². The van der Waals surface area contributed by atoms with Crippen molar-refractivity contribution in [3.05, 3.63) is 22.2 Å². The predicted octanol–water partition coefficient (Wildman–Crippen LogP) is 2.89. The van der Waals surface area contributed by atoms with Crippen molar-refractivity contribution in [3.8, 4) is 11.5 Å². The van der Waals surface area contributed by atoms with Gasteiger partial charge in [-0.05, 0) is 43.4 Å². The third-order valence-electron chi connectivity index (χ3n) is 3.78. The van der Waals surface area contributed by atoms with Gasteiger partial charge in [0.15, 0.2) is 11.5 Å². The second-order valence-electron chi connectivity index (χ2n) is 4.96. The van der Waals surface area contributed by atoms with E-state index < -0.39 is 0 Å². The van der Waals surface area contributed by atoms with Crippen LogP contribution in [-0.2, 0) is 0 Å². The van der Waals surface area contributed by atoms with Crippen molar-refractivity contribution in [2.45, 2.75) is 25.7 Å². The summed E-state index contributed by atoms with van der Waals surface area (Å²) in [7, 11) is 0.